The lowest BCUT2D eigenvalue weighted by Crippen LogP contribution is -2.59. The van der Waals surface area contributed by atoms with E-state index >= 15 is 0 Å². The van der Waals surface area contributed by atoms with Crippen LogP contribution < -0.4 is 5.32 Å². The first kappa shape index (κ1) is 14.7. The van der Waals surface area contributed by atoms with E-state index in [-0.39, 0.29) is 17.7 Å². The number of carboxylic acids is 1. The number of carbonyl (C=O) groups is 2. The summed E-state index contributed by atoms with van der Waals surface area (Å²) in [5.41, 5.74) is -0.146. The summed E-state index contributed by atoms with van der Waals surface area (Å²) in [6, 6.07) is 5.25. The summed E-state index contributed by atoms with van der Waals surface area (Å²) < 4.78 is 0. The summed E-state index contributed by atoms with van der Waals surface area (Å²) in [5, 5.41) is 13.1. The fourth-order valence-electron chi connectivity index (χ4n) is 2.88. The highest BCUT2D eigenvalue weighted by molar-refractivity contribution is 6.35. The van der Waals surface area contributed by atoms with Crippen LogP contribution in [0.3, 0.4) is 0 Å². The van der Waals surface area contributed by atoms with Gasteiger partial charge >= 0.3 is 5.97 Å². The second-order valence-electron chi connectivity index (χ2n) is 5.84. The van der Waals surface area contributed by atoms with Crippen LogP contribution in [-0.2, 0) is 9.59 Å². The summed E-state index contributed by atoms with van der Waals surface area (Å²) in [7, 11) is 0. The Hall–Kier alpha value is -1.26. The predicted molar refractivity (Wildman–Crippen MR) is 79.7 cm³/mol. The molecule has 2 saturated carbocycles. The Morgan fingerprint density at radius 1 is 1.29 bits per heavy atom. The van der Waals surface area contributed by atoms with E-state index in [1.165, 1.54) is 0 Å². The third kappa shape index (κ3) is 2.62. The van der Waals surface area contributed by atoms with Crippen molar-refractivity contribution in [2.24, 2.45) is 5.92 Å². The molecule has 1 amide bonds. The van der Waals surface area contributed by atoms with Crippen LogP contribution in [-0.4, -0.2) is 22.5 Å². The molecule has 0 radical (unpaired) electrons. The van der Waals surface area contributed by atoms with Gasteiger partial charge in [-0.15, -0.1) is 0 Å². The van der Waals surface area contributed by atoms with Crippen LogP contribution in [0, 0.1) is 5.92 Å². The molecular formula is C15H15Cl2NO3. The van der Waals surface area contributed by atoms with Gasteiger partial charge in [0, 0.05) is 16.0 Å². The maximum Gasteiger partial charge on any atom is 0.329 e. The average Bonchev–Trinajstić information content (AvgIpc) is 3.13. The van der Waals surface area contributed by atoms with Gasteiger partial charge in [0.15, 0.2) is 0 Å². The van der Waals surface area contributed by atoms with Crippen LogP contribution in [0.15, 0.2) is 18.2 Å². The normalized spacial score (nSPS) is 25.8. The standard InChI is InChI=1S/C15H15Cl2NO3/c16-8-2-3-9(12(17)6-8)10-7-11(10)13(19)18-15(14(20)21)4-1-5-15/h2-3,6,10-11H,1,4-5,7H2,(H,18,19)(H,20,21). The van der Waals surface area contributed by atoms with E-state index in [0.29, 0.717) is 29.3 Å². The minimum atomic E-state index is -1.05. The summed E-state index contributed by atoms with van der Waals surface area (Å²) in [6.45, 7) is 0. The number of carboxylic acid groups (broad SMARTS) is 1. The number of hydrogen-bond acceptors (Lipinski definition) is 2. The third-order valence-electron chi connectivity index (χ3n) is 4.47. The molecule has 2 aliphatic carbocycles. The molecule has 2 fully saturated rings. The Kier molecular flexibility index (Phi) is 3.62. The van der Waals surface area contributed by atoms with Crippen molar-refractivity contribution in [1.29, 1.82) is 0 Å². The predicted octanol–water partition coefficient (Wildman–Crippen LogP) is 3.22. The maximum atomic E-state index is 12.2. The average molecular weight is 328 g/mol. The van der Waals surface area contributed by atoms with Gasteiger partial charge in [-0.25, -0.2) is 4.79 Å². The lowest BCUT2D eigenvalue weighted by molar-refractivity contribution is -0.152. The molecule has 3 rings (SSSR count). The molecule has 0 saturated heterocycles. The molecule has 0 heterocycles. The molecule has 4 nitrogen and oxygen atoms in total. The lowest BCUT2D eigenvalue weighted by Gasteiger charge is -2.38. The Bertz CT molecular complexity index is 613. The molecule has 21 heavy (non-hydrogen) atoms. The van der Waals surface area contributed by atoms with Gasteiger partial charge < -0.3 is 10.4 Å². The summed E-state index contributed by atoms with van der Waals surface area (Å²) in [5.74, 6) is -1.27. The first-order valence-corrected chi connectivity index (χ1v) is 7.69. The highest BCUT2D eigenvalue weighted by Gasteiger charge is 2.51. The Morgan fingerprint density at radius 3 is 2.52 bits per heavy atom. The number of nitrogens with one attached hydrogen (secondary N) is 1. The molecule has 2 atom stereocenters. The van der Waals surface area contributed by atoms with Gasteiger partial charge in [0.05, 0.1) is 0 Å². The monoisotopic (exact) mass is 327 g/mol. The highest BCUT2D eigenvalue weighted by atomic mass is 35.5. The van der Waals surface area contributed by atoms with Gasteiger partial charge in [0.1, 0.15) is 5.54 Å². The van der Waals surface area contributed by atoms with Gasteiger partial charge in [-0.2, -0.15) is 0 Å². The van der Waals surface area contributed by atoms with Crippen molar-refractivity contribution in [3.05, 3.63) is 33.8 Å². The molecule has 6 heteroatoms. The molecule has 0 bridgehead atoms. The summed E-state index contributed by atoms with van der Waals surface area (Å²) in [4.78, 5) is 23.5. The van der Waals surface area contributed by atoms with Crippen LogP contribution in [0.4, 0.5) is 0 Å². The number of amides is 1. The number of halogens is 2. The van der Waals surface area contributed by atoms with Crippen molar-refractivity contribution >= 4 is 35.1 Å². The van der Waals surface area contributed by atoms with Crippen molar-refractivity contribution in [3.63, 3.8) is 0 Å². The smallest absolute Gasteiger partial charge is 0.329 e. The number of benzene rings is 1. The number of carbonyl (C=O) groups excluding carboxylic acids is 1. The van der Waals surface area contributed by atoms with Crippen molar-refractivity contribution < 1.29 is 14.7 Å². The zero-order valence-electron chi connectivity index (χ0n) is 11.2. The molecule has 1 aromatic carbocycles. The van der Waals surface area contributed by atoms with Crippen molar-refractivity contribution in [3.8, 4) is 0 Å². The topological polar surface area (TPSA) is 66.4 Å². The van der Waals surface area contributed by atoms with Crippen LogP contribution >= 0.6 is 23.2 Å². The van der Waals surface area contributed by atoms with Gasteiger partial charge in [0.25, 0.3) is 0 Å². The molecule has 0 spiro atoms. The van der Waals surface area contributed by atoms with E-state index in [9.17, 15) is 14.7 Å². The zero-order chi connectivity index (χ0) is 15.2. The highest BCUT2D eigenvalue weighted by Crippen LogP contribution is 2.50. The Balaban J connectivity index is 1.67. The van der Waals surface area contributed by atoms with Crippen molar-refractivity contribution in [2.75, 3.05) is 0 Å². The van der Waals surface area contributed by atoms with E-state index in [0.717, 1.165) is 12.0 Å². The first-order valence-electron chi connectivity index (χ1n) is 6.93. The minimum Gasteiger partial charge on any atom is -0.480 e. The van der Waals surface area contributed by atoms with Gasteiger partial charge in [-0.3, -0.25) is 4.79 Å². The van der Waals surface area contributed by atoms with E-state index in [2.05, 4.69) is 5.32 Å². The third-order valence-corrected chi connectivity index (χ3v) is 5.03. The summed E-state index contributed by atoms with van der Waals surface area (Å²) >= 11 is 12.0. The van der Waals surface area contributed by atoms with Crippen LogP contribution in [0.25, 0.3) is 0 Å². The van der Waals surface area contributed by atoms with Crippen molar-refractivity contribution in [1.82, 2.24) is 5.32 Å². The summed E-state index contributed by atoms with van der Waals surface area (Å²) in [6.07, 6.45) is 2.55. The molecular weight excluding hydrogens is 313 g/mol. The molecule has 0 aliphatic heterocycles. The quantitative estimate of drug-likeness (QED) is 0.892. The molecule has 1 aromatic rings. The van der Waals surface area contributed by atoms with Crippen LogP contribution in [0.2, 0.25) is 10.0 Å². The minimum absolute atomic E-state index is 0.0562. The second-order valence-corrected chi connectivity index (χ2v) is 6.69. The molecule has 112 valence electrons. The molecule has 2 unspecified atom stereocenters. The zero-order valence-corrected chi connectivity index (χ0v) is 12.7. The molecule has 0 aromatic heterocycles. The van der Waals surface area contributed by atoms with E-state index in [1.807, 2.05) is 6.07 Å². The Labute approximate surface area is 132 Å². The van der Waals surface area contributed by atoms with Gasteiger partial charge in [0.2, 0.25) is 5.91 Å². The van der Waals surface area contributed by atoms with Crippen LogP contribution in [0.1, 0.15) is 37.2 Å². The van der Waals surface area contributed by atoms with E-state index in [1.54, 1.807) is 12.1 Å². The number of rotatable bonds is 4. The van der Waals surface area contributed by atoms with E-state index in [4.69, 9.17) is 23.2 Å². The van der Waals surface area contributed by atoms with Crippen LogP contribution in [0.5, 0.6) is 0 Å². The van der Waals surface area contributed by atoms with Crippen molar-refractivity contribution in [2.45, 2.75) is 37.1 Å². The molecule has 2 N–H and O–H groups in total. The fraction of sp³-hybridized carbons (Fsp3) is 0.467. The lowest BCUT2D eigenvalue weighted by atomic mass is 9.76. The van der Waals surface area contributed by atoms with Gasteiger partial charge in [-0.1, -0.05) is 29.3 Å². The first-order chi connectivity index (χ1) is 9.93. The molecule has 2 aliphatic rings. The SMILES string of the molecule is O=C(NC1(C(=O)O)CCC1)C1CC1c1ccc(Cl)cc1Cl. The Morgan fingerprint density at radius 2 is 2.00 bits per heavy atom. The maximum absolute atomic E-state index is 12.2. The van der Waals surface area contributed by atoms with Gasteiger partial charge in [-0.05, 0) is 49.3 Å². The fourth-order valence-corrected chi connectivity index (χ4v) is 3.43. The largest absolute Gasteiger partial charge is 0.480 e. The second kappa shape index (κ2) is 5.18. The van der Waals surface area contributed by atoms with E-state index < -0.39 is 11.5 Å². The number of hydrogen-bond donors (Lipinski definition) is 2. The number of aliphatic carboxylic acids is 1.